The first-order chi connectivity index (χ1) is 17.0. The van der Waals surface area contributed by atoms with Gasteiger partial charge in [0.25, 0.3) is 0 Å². The SMILES string of the molecule is O=C(O)Cc1ccc(OCc2ccc(Cl)cc2)c(CN2CCN(C(=O)Nc3ccccc3)CC2)c1. The minimum Gasteiger partial charge on any atom is -0.489 e. The van der Waals surface area contributed by atoms with Gasteiger partial charge in [-0.1, -0.05) is 54.1 Å². The molecule has 8 heteroatoms. The maximum Gasteiger partial charge on any atom is 0.321 e. The van der Waals surface area contributed by atoms with Crippen LogP contribution >= 0.6 is 11.6 Å². The summed E-state index contributed by atoms with van der Waals surface area (Å²) in [5.41, 5.74) is 3.43. The van der Waals surface area contributed by atoms with Crippen LogP contribution in [-0.4, -0.2) is 53.1 Å². The summed E-state index contributed by atoms with van der Waals surface area (Å²) >= 11 is 5.97. The molecule has 1 aliphatic rings. The summed E-state index contributed by atoms with van der Waals surface area (Å²) in [5.74, 6) is -0.151. The third-order valence-electron chi connectivity index (χ3n) is 5.87. The Morgan fingerprint density at radius 2 is 1.60 bits per heavy atom. The lowest BCUT2D eigenvalue weighted by Gasteiger charge is -2.35. The molecule has 1 heterocycles. The number of urea groups is 1. The molecular formula is C27H28ClN3O4. The first kappa shape index (κ1) is 24.6. The second-order valence-electron chi connectivity index (χ2n) is 8.49. The van der Waals surface area contributed by atoms with E-state index in [4.69, 9.17) is 16.3 Å². The Morgan fingerprint density at radius 1 is 0.914 bits per heavy atom. The average molecular weight is 494 g/mol. The maximum atomic E-state index is 12.6. The van der Waals surface area contributed by atoms with Gasteiger partial charge in [-0.05, 0) is 41.5 Å². The van der Waals surface area contributed by atoms with E-state index in [0.29, 0.717) is 44.4 Å². The molecule has 0 spiro atoms. The molecule has 2 N–H and O–H groups in total. The summed E-state index contributed by atoms with van der Waals surface area (Å²) in [4.78, 5) is 27.9. The molecule has 0 aliphatic carbocycles. The van der Waals surface area contributed by atoms with Gasteiger partial charge in [0, 0.05) is 49.0 Å². The predicted octanol–water partition coefficient (Wildman–Crippen LogP) is 4.90. The number of hydrogen-bond acceptors (Lipinski definition) is 4. The van der Waals surface area contributed by atoms with Crippen molar-refractivity contribution in [1.29, 1.82) is 0 Å². The number of rotatable bonds is 8. The van der Waals surface area contributed by atoms with E-state index in [2.05, 4.69) is 10.2 Å². The predicted molar refractivity (Wildman–Crippen MR) is 136 cm³/mol. The van der Waals surface area contributed by atoms with Gasteiger partial charge >= 0.3 is 12.0 Å². The van der Waals surface area contributed by atoms with Crippen molar-refractivity contribution in [1.82, 2.24) is 9.80 Å². The van der Waals surface area contributed by atoms with Crippen LogP contribution in [-0.2, 0) is 24.4 Å². The van der Waals surface area contributed by atoms with Gasteiger partial charge in [0.05, 0.1) is 6.42 Å². The van der Waals surface area contributed by atoms with Crippen molar-refractivity contribution in [3.63, 3.8) is 0 Å². The Balaban J connectivity index is 1.38. The number of para-hydroxylation sites is 1. The number of carbonyl (C=O) groups excluding carboxylic acids is 1. The van der Waals surface area contributed by atoms with Crippen molar-refractivity contribution in [2.75, 3.05) is 31.5 Å². The quantitative estimate of drug-likeness (QED) is 0.466. The summed E-state index contributed by atoms with van der Waals surface area (Å²) in [6.45, 7) is 3.63. The van der Waals surface area contributed by atoms with Gasteiger partial charge in [-0.3, -0.25) is 9.69 Å². The van der Waals surface area contributed by atoms with Crippen LogP contribution in [0.3, 0.4) is 0 Å². The van der Waals surface area contributed by atoms with Crippen LogP contribution in [0.5, 0.6) is 5.75 Å². The monoisotopic (exact) mass is 493 g/mol. The lowest BCUT2D eigenvalue weighted by atomic mass is 10.1. The van der Waals surface area contributed by atoms with Crippen LogP contribution in [0.25, 0.3) is 0 Å². The molecule has 1 fully saturated rings. The molecule has 1 saturated heterocycles. The standard InChI is InChI=1S/C27H28ClN3O4/c28-23-9-6-20(7-10-23)19-35-25-11-8-21(17-26(32)33)16-22(25)18-30-12-14-31(15-13-30)27(34)29-24-4-2-1-3-5-24/h1-11,16H,12-15,17-19H2,(H,29,34)(H,32,33). The summed E-state index contributed by atoms with van der Waals surface area (Å²) in [5, 5.41) is 12.8. The molecule has 0 unspecified atom stereocenters. The second-order valence-corrected chi connectivity index (χ2v) is 8.92. The van der Waals surface area contributed by atoms with Gasteiger partial charge in [0.2, 0.25) is 0 Å². The molecule has 3 aromatic rings. The highest BCUT2D eigenvalue weighted by molar-refractivity contribution is 6.30. The molecule has 4 rings (SSSR count). The Labute approximate surface area is 209 Å². The van der Waals surface area contributed by atoms with Crippen LogP contribution < -0.4 is 10.1 Å². The normalized spacial score (nSPS) is 13.9. The lowest BCUT2D eigenvalue weighted by Crippen LogP contribution is -2.49. The molecule has 1 aliphatic heterocycles. The van der Waals surface area contributed by atoms with E-state index < -0.39 is 5.97 Å². The van der Waals surface area contributed by atoms with Crippen molar-refractivity contribution < 1.29 is 19.4 Å². The van der Waals surface area contributed by atoms with Crippen LogP contribution in [0.4, 0.5) is 10.5 Å². The summed E-state index contributed by atoms with van der Waals surface area (Å²) < 4.78 is 6.10. The third-order valence-corrected chi connectivity index (χ3v) is 6.12. The maximum absolute atomic E-state index is 12.6. The van der Waals surface area contributed by atoms with E-state index in [1.165, 1.54) is 0 Å². The van der Waals surface area contributed by atoms with E-state index >= 15 is 0 Å². The fourth-order valence-corrected chi connectivity index (χ4v) is 4.12. The zero-order valence-electron chi connectivity index (χ0n) is 19.3. The fraction of sp³-hybridized carbons (Fsp3) is 0.259. The molecule has 182 valence electrons. The number of amides is 2. The Kier molecular flexibility index (Phi) is 8.23. The molecular weight excluding hydrogens is 466 g/mol. The highest BCUT2D eigenvalue weighted by Gasteiger charge is 2.22. The van der Waals surface area contributed by atoms with Gasteiger partial charge in [0.15, 0.2) is 0 Å². The number of nitrogens with one attached hydrogen (secondary N) is 1. The van der Waals surface area contributed by atoms with Gasteiger partial charge in [-0.2, -0.15) is 0 Å². The third kappa shape index (κ3) is 7.21. The second kappa shape index (κ2) is 11.7. The van der Waals surface area contributed by atoms with E-state index in [0.717, 1.165) is 28.1 Å². The van der Waals surface area contributed by atoms with Crippen molar-refractivity contribution in [2.45, 2.75) is 19.6 Å². The van der Waals surface area contributed by atoms with Crippen LogP contribution in [0.1, 0.15) is 16.7 Å². The van der Waals surface area contributed by atoms with Crippen LogP contribution in [0.2, 0.25) is 5.02 Å². The number of carboxylic acid groups (broad SMARTS) is 1. The minimum absolute atomic E-state index is 0.0438. The zero-order chi connectivity index (χ0) is 24.6. The number of piperazine rings is 1. The fourth-order valence-electron chi connectivity index (χ4n) is 4.00. The molecule has 2 amide bonds. The molecule has 7 nitrogen and oxygen atoms in total. The Hall–Kier alpha value is -3.55. The molecule has 0 saturated carbocycles. The zero-order valence-corrected chi connectivity index (χ0v) is 20.1. The largest absolute Gasteiger partial charge is 0.489 e. The summed E-state index contributed by atoms with van der Waals surface area (Å²) in [6, 6.07) is 22.3. The first-order valence-electron chi connectivity index (χ1n) is 11.5. The van der Waals surface area contributed by atoms with E-state index in [1.807, 2.05) is 71.6 Å². The van der Waals surface area contributed by atoms with Gasteiger partial charge < -0.3 is 20.1 Å². The molecule has 0 bridgehead atoms. The van der Waals surface area contributed by atoms with Crippen molar-refractivity contribution in [3.8, 4) is 5.75 Å². The lowest BCUT2D eigenvalue weighted by molar-refractivity contribution is -0.136. The number of aliphatic carboxylic acids is 1. The van der Waals surface area contributed by atoms with Gasteiger partial charge in [-0.25, -0.2) is 4.79 Å². The number of halogens is 1. The van der Waals surface area contributed by atoms with E-state index in [1.54, 1.807) is 6.07 Å². The van der Waals surface area contributed by atoms with Crippen LogP contribution in [0, 0.1) is 0 Å². The van der Waals surface area contributed by atoms with Crippen molar-refractivity contribution >= 4 is 29.3 Å². The molecule has 3 aromatic carbocycles. The smallest absolute Gasteiger partial charge is 0.321 e. The van der Waals surface area contributed by atoms with Crippen LogP contribution in [0.15, 0.2) is 72.8 Å². The number of carboxylic acids is 1. The average Bonchev–Trinajstić information content (AvgIpc) is 2.85. The Morgan fingerprint density at radius 3 is 2.29 bits per heavy atom. The number of ether oxygens (including phenoxy) is 1. The minimum atomic E-state index is -0.871. The Bertz CT molecular complexity index is 1150. The number of hydrogen-bond donors (Lipinski definition) is 2. The molecule has 0 atom stereocenters. The highest BCUT2D eigenvalue weighted by atomic mass is 35.5. The first-order valence-corrected chi connectivity index (χ1v) is 11.9. The summed E-state index contributed by atoms with van der Waals surface area (Å²) in [7, 11) is 0. The van der Waals surface area contributed by atoms with Gasteiger partial charge in [-0.15, -0.1) is 0 Å². The van der Waals surface area contributed by atoms with Gasteiger partial charge in [0.1, 0.15) is 12.4 Å². The van der Waals surface area contributed by atoms with Crippen molar-refractivity contribution in [3.05, 3.63) is 94.5 Å². The molecule has 0 radical (unpaired) electrons. The van der Waals surface area contributed by atoms with Crippen molar-refractivity contribution in [2.24, 2.45) is 0 Å². The number of nitrogens with zero attached hydrogens (tertiary/aromatic N) is 2. The molecule has 0 aromatic heterocycles. The van der Waals surface area contributed by atoms with E-state index in [-0.39, 0.29) is 12.5 Å². The molecule has 35 heavy (non-hydrogen) atoms. The number of benzene rings is 3. The highest BCUT2D eigenvalue weighted by Crippen LogP contribution is 2.25. The number of anilines is 1. The topological polar surface area (TPSA) is 82.1 Å². The summed E-state index contributed by atoms with van der Waals surface area (Å²) in [6.07, 6.45) is -0.0438. The number of carbonyl (C=O) groups is 2. The van der Waals surface area contributed by atoms with E-state index in [9.17, 15) is 14.7 Å².